The van der Waals surface area contributed by atoms with Crippen molar-refractivity contribution in [3.8, 4) is 23.0 Å². The molecule has 2 aromatic rings. The van der Waals surface area contributed by atoms with Gasteiger partial charge in [-0.15, -0.1) is 5.10 Å². The maximum atomic E-state index is 12.6. The number of sulfone groups is 1. The van der Waals surface area contributed by atoms with Gasteiger partial charge in [-0.1, -0.05) is 12.1 Å². The van der Waals surface area contributed by atoms with Gasteiger partial charge in [0, 0.05) is 12.3 Å². The number of amidine groups is 2. The van der Waals surface area contributed by atoms with Gasteiger partial charge < -0.3 is 18.9 Å². The number of carbonyl (C=O) groups is 1. The Kier molecular flexibility index (Phi) is 7.83. The Morgan fingerprint density at radius 1 is 1.05 bits per heavy atom. The molecule has 2 heterocycles. The number of ether oxygens (including phenoxy) is 4. The largest absolute Gasteiger partial charge is 0.497 e. The van der Waals surface area contributed by atoms with Gasteiger partial charge in [0.05, 0.1) is 19.3 Å². The standard InChI is InChI=1S/C24H24N4O7S2/c1-4-33-20-13-15(8-9-19(20)35-11-10-34-17-7-5-6-16(14-17)32-2)12-18-21(25)28-23(26-22(18)29)36-24(27-28)37(3,30)31/h5-9,12-14,25H,4,10-11H2,1-3H3/b18-12+,25-21?. The molecule has 0 spiro atoms. The molecule has 4 rings (SSSR count). The normalized spacial score (nSPS) is 16.3. The monoisotopic (exact) mass is 544 g/mol. The summed E-state index contributed by atoms with van der Waals surface area (Å²) in [5.74, 6) is 1.35. The zero-order valence-corrected chi connectivity index (χ0v) is 21.9. The van der Waals surface area contributed by atoms with E-state index in [1.165, 1.54) is 6.08 Å². The number of amides is 1. The van der Waals surface area contributed by atoms with Crippen molar-refractivity contribution < 1.29 is 32.2 Å². The van der Waals surface area contributed by atoms with Gasteiger partial charge in [0.25, 0.3) is 5.91 Å². The molecule has 11 nitrogen and oxygen atoms in total. The molecule has 37 heavy (non-hydrogen) atoms. The number of carbonyl (C=O) groups excluding carboxylic acids is 1. The fraction of sp³-hybridized carbons (Fsp3) is 0.250. The third-order valence-electron chi connectivity index (χ3n) is 4.98. The van der Waals surface area contributed by atoms with Crippen LogP contribution in [0.25, 0.3) is 6.08 Å². The summed E-state index contributed by atoms with van der Waals surface area (Å²) in [6.45, 7) is 2.76. The van der Waals surface area contributed by atoms with Crippen LogP contribution >= 0.6 is 11.8 Å². The minimum Gasteiger partial charge on any atom is -0.497 e. The van der Waals surface area contributed by atoms with Gasteiger partial charge >= 0.3 is 0 Å². The lowest BCUT2D eigenvalue weighted by Crippen LogP contribution is -2.35. The Morgan fingerprint density at radius 3 is 2.54 bits per heavy atom. The highest BCUT2D eigenvalue weighted by atomic mass is 32.3. The summed E-state index contributed by atoms with van der Waals surface area (Å²) in [5.41, 5.74) is 0.528. The number of thioether (sulfide) groups is 1. The van der Waals surface area contributed by atoms with Gasteiger partial charge in [0.1, 0.15) is 24.7 Å². The summed E-state index contributed by atoms with van der Waals surface area (Å²) in [5, 5.41) is 13.4. The second-order valence-corrected chi connectivity index (χ2v) is 10.8. The number of rotatable bonds is 9. The fourth-order valence-corrected chi connectivity index (χ4v) is 4.98. The van der Waals surface area contributed by atoms with Crippen LogP contribution in [0, 0.1) is 5.41 Å². The topological polar surface area (TPSA) is 140 Å². The molecule has 2 aromatic carbocycles. The molecule has 0 saturated carbocycles. The molecule has 0 saturated heterocycles. The minimum atomic E-state index is -3.61. The van der Waals surface area contributed by atoms with Crippen LogP contribution in [0.2, 0.25) is 0 Å². The summed E-state index contributed by atoms with van der Waals surface area (Å²) in [7, 11) is -2.02. The number of aliphatic imine (C=N–C) groups is 1. The Morgan fingerprint density at radius 2 is 1.81 bits per heavy atom. The van der Waals surface area contributed by atoms with E-state index in [9.17, 15) is 13.2 Å². The number of fused-ring (bicyclic) bond motifs is 1. The lowest BCUT2D eigenvalue weighted by atomic mass is 10.1. The van der Waals surface area contributed by atoms with Crippen LogP contribution in [-0.2, 0) is 14.6 Å². The third kappa shape index (κ3) is 6.12. The molecule has 0 unspecified atom stereocenters. The van der Waals surface area contributed by atoms with Crippen molar-refractivity contribution in [2.45, 2.75) is 6.92 Å². The summed E-state index contributed by atoms with van der Waals surface area (Å²) in [6, 6.07) is 12.3. The van der Waals surface area contributed by atoms with Crippen LogP contribution in [0.15, 0.2) is 58.1 Å². The molecule has 0 aliphatic carbocycles. The smallest absolute Gasteiger partial charge is 0.283 e. The average molecular weight is 545 g/mol. The van der Waals surface area contributed by atoms with E-state index in [0.29, 0.717) is 41.8 Å². The molecule has 2 aliphatic rings. The molecule has 0 bridgehead atoms. The molecule has 0 aromatic heterocycles. The number of hydrogen-bond donors (Lipinski definition) is 1. The number of benzene rings is 2. The lowest BCUT2D eigenvalue weighted by Gasteiger charge is -2.20. The van der Waals surface area contributed by atoms with Crippen LogP contribution in [-0.4, -0.2) is 67.9 Å². The van der Waals surface area contributed by atoms with Crippen molar-refractivity contribution in [3.05, 3.63) is 53.6 Å². The number of nitrogens with one attached hydrogen (secondary N) is 1. The molecular formula is C24H24N4O7S2. The summed E-state index contributed by atoms with van der Waals surface area (Å²) in [4.78, 5) is 16.5. The quantitative estimate of drug-likeness (QED) is 0.372. The first-order chi connectivity index (χ1) is 17.7. The van der Waals surface area contributed by atoms with E-state index in [2.05, 4.69) is 10.1 Å². The first-order valence-corrected chi connectivity index (χ1v) is 13.8. The van der Waals surface area contributed by atoms with Crippen LogP contribution in [0.3, 0.4) is 0 Å². The van der Waals surface area contributed by atoms with E-state index in [1.807, 2.05) is 25.1 Å². The van der Waals surface area contributed by atoms with Gasteiger partial charge in [0.2, 0.25) is 19.4 Å². The zero-order valence-electron chi connectivity index (χ0n) is 20.3. The number of nitrogens with zero attached hydrogens (tertiary/aromatic N) is 3. The predicted molar refractivity (Wildman–Crippen MR) is 141 cm³/mol. The van der Waals surface area contributed by atoms with Crippen LogP contribution in [0.1, 0.15) is 12.5 Å². The lowest BCUT2D eigenvalue weighted by molar-refractivity contribution is -0.114. The van der Waals surface area contributed by atoms with E-state index < -0.39 is 15.7 Å². The highest BCUT2D eigenvalue weighted by molar-refractivity contribution is 8.42. The highest BCUT2D eigenvalue weighted by Crippen LogP contribution is 2.32. The fourth-order valence-electron chi connectivity index (χ4n) is 3.30. The minimum absolute atomic E-state index is 0.0301. The molecular weight excluding hydrogens is 520 g/mol. The molecule has 1 amide bonds. The van der Waals surface area contributed by atoms with Crippen LogP contribution in [0.5, 0.6) is 23.0 Å². The summed E-state index contributed by atoms with van der Waals surface area (Å²) < 4.78 is 45.8. The van der Waals surface area contributed by atoms with Gasteiger partial charge in [-0.05, 0) is 54.6 Å². The molecule has 1 N–H and O–H groups in total. The Labute approximate surface area is 218 Å². The van der Waals surface area contributed by atoms with Crippen LogP contribution in [0.4, 0.5) is 0 Å². The van der Waals surface area contributed by atoms with Crippen molar-refractivity contribution in [2.75, 3.05) is 33.2 Å². The first kappa shape index (κ1) is 26.2. The highest BCUT2D eigenvalue weighted by Gasteiger charge is 2.38. The molecule has 0 atom stereocenters. The van der Waals surface area contributed by atoms with Gasteiger partial charge in [-0.2, -0.15) is 10.0 Å². The van der Waals surface area contributed by atoms with E-state index in [-0.39, 0.29) is 27.6 Å². The van der Waals surface area contributed by atoms with Crippen molar-refractivity contribution in [1.29, 1.82) is 5.41 Å². The van der Waals surface area contributed by atoms with E-state index in [1.54, 1.807) is 31.4 Å². The van der Waals surface area contributed by atoms with E-state index in [0.717, 1.165) is 23.0 Å². The number of methoxy groups -OCH3 is 1. The van der Waals surface area contributed by atoms with Gasteiger partial charge in [0.15, 0.2) is 17.3 Å². The summed E-state index contributed by atoms with van der Waals surface area (Å²) >= 11 is 0.734. The molecule has 0 radical (unpaired) electrons. The molecule has 2 aliphatic heterocycles. The number of hydrogen-bond acceptors (Lipinski definition) is 10. The SMILES string of the molecule is CCOc1cc(/C=C2\C(=N)N3N=C(S(C)(=O)=O)SC3=NC2=O)ccc1OCCOc1cccc(OC)c1. The Balaban J connectivity index is 1.47. The van der Waals surface area contributed by atoms with Crippen LogP contribution < -0.4 is 18.9 Å². The van der Waals surface area contributed by atoms with E-state index in [4.69, 9.17) is 24.4 Å². The second kappa shape index (κ2) is 11.0. The molecule has 194 valence electrons. The summed E-state index contributed by atoms with van der Waals surface area (Å²) in [6.07, 6.45) is 2.48. The Hall–Kier alpha value is -3.84. The first-order valence-electron chi connectivity index (χ1n) is 11.1. The van der Waals surface area contributed by atoms with E-state index >= 15 is 0 Å². The van der Waals surface area contributed by atoms with Crippen molar-refractivity contribution >= 4 is 49.0 Å². The average Bonchev–Trinajstić information content (AvgIpc) is 3.30. The maximum absolute atomic E-state index is 12.6. The Bertz CT molecular complexity index is 1430. The van der Waals surface area contributed by atoms with Gasteiger partial charge in [-0.25, -0.2) is 8.42 Å². The zero-order chi connectivity index (χ0) is 26.6. The van der Waals surface area contributed by atoms with Crippen molar-refractivity contribution in [1.82, 2.24) is 5.01 Å². The van der Waals surface area contributed by atoms with Crippen molar-refractivity contribution in [3.63, 3.8) is 0 Å². The number of hydrazone groups is 1. The molecule has 13 heteroatoms. The van der Waals surface area contributed by atoms with Gasteiger partial charge in [-0.3, -0.25) is 10.2 Å². The predicted octanol–water partition coefficient (Wildman–Crippen LogP) is 3.17. The van der Waals surface area contributed by atoms with Crippen molar-refractivity contribution in [2.24, 2.45) is 10.1 Å². The maximum Gasteiger partial charge on any atom is 0.283 e. The third-order valence-corrected chi connectivity index (χ3v) is 7.56. The second-order valence-electron chi connectivity index (χ2n) is 7.67. The molecule has 0 fully saturated rings.